The Morgan fingerprint density at radius 3 is 2.10 bits per heavy atom. The smallest absolute Gasteiger partial charge is 0.248 e. The third-order valence-corrected chi connectivity index (χ3v) is 13.6. The Bertz CT molecular complexity index is 1610. The SMILES string of the molecule is C/C=C1\C(=C/CC)c2c(C3CCCCC3)c3ccc(C(N)=O)cc3n2CC2(C(N)=O)C1[C@@H]2C.CC.CN(C)S.C[C@H]1CC2(C)CCC1C2(C)C. The molecular formula is C43H68N4O2S. The van der Waals surface area contributed by atoms with E-state index in [1.165, 1.54) is 79.2 Å². The molecule has 0 saturated heterocycles. The molecule has 4 aliphatic carbocycles. The zero-order chi connectivity index (χ0) is 37.3. The van der Waals surface area contributed by atoms with Gasteiger partial charge in [0.05, 0.1) is 11.1 Å². The highest BCUT2D eigenvalue weighted by molar-refractivity contribution is 7.77. The molecule has 2 heterocycles. The molecule has 2 amide bonds. The average molecular weight is 705 g/mol. The maximum atomic E-state index is 12.9. The molecule has 5 aliphatic rings. The molecule has 4 saturated carbocycles. The summed E-state index contributed by atoms with van der Waals surface area (Å²) in [4.78, 5) is 25.0. The van der Waals surface area contributed by atoms with Crippen molar-refractivity contribution < 1.29 is 9.59 Å². The van der Waals surface area contributed by atoms with Gasteiger partial charge in [0, 0.05) is 28.9 Å². The lowest BCUT2D eigenvalue weighted by atomic mass is 9.71. The van der Waals surface area contributed by atoms with Crippen LogP contribution in [0.2, 0.25) is 0 Å². The first-order valence-corrected chi connectivity index (χ1v) is 20.0. The Kier molecular flexibility index (Phi) is 12.6. The van der Waals surface area contributed by atoms with Crippen LogP contribution in [-0.2, 0) is 11.3 Å². The van der Waals surface area contributed by atoms with Gasteiger partial charge in [0.2, 0.25) is 11.8 Å². The molecule has 0 spiro atoms. The second kappa shape index (κ2) is 15.6. The lowest BCUT2D eigenvalue weighted by Crippen LogP contribution is -2.31. The zero-order valence-electron chi connectivity index (χ0n) is 33.2. The van der Waals surface area contributed by atoms with Gasteiger partial charge in [-0.25, -0.2) is 0 Å². The van der Waals surface area contributed by atoms with Crippen LogP contribution in [0.15, 0.2) is 35.9 Å². The van der Waals surface area contributed by atoms with Gasteiger partial charge in [0.15, 0.2) is 0 Å². The van der Waals surface area contributed by atoms with E-state index in [2.05, 4.69) is 84.1 Å². The molecule has 1 aromatic carbocycles. The summed E-state index contributed by atoms with van der Waals surface area (Å²) in [6.07, 6.45) is 16.0. The van der Waals surface area contributed by atoms with E-state index in [9.17, 15) is 9.59 Å². The molecule has 4 unspecified atom stereocenters. The maximum absolute atomic E-state index is 12.9. The number of amides is 2. The van der Waals surface area contributed by atoms with E-state index in [1.807, 2.05) is 40.1 Å². The molecule has 50 heavy (non-hydrogen) atoms. The number of hydrogen-bond donors (Lipinski definition) is 3. The number of nitrogens with zero attached hydrogens (tertiary/aromatic N) is 2. The van der Waals surface area contributed by atoms with Crippen molar-refractivity contribution in [2.24, 2.45) is 51.4 Å². The van der Waals surface area contributed by atoms with Crippen molar-refractivity contribution in [1.29, 1.82) is 0 Å². The highest BCUT2D eigenvalue weighted by Crippen LogP contribution is 2.68. The third kappa shape index (κ3) is 6.87. The van der Waals surface area contributed by atoms with Crippen molar-refractivity contribution >= 4 is 41.1 Å². The normalized spacial score (nSPS) is 32.2. The highest BCUT2D eigenvalue weighted by atomic mass is 32.1. The summed E-state index contributed by atoms with van der Waals surface area (Å²) in [6.45, 7) is 20.8. The van der Waals surface area contributed by atoms with Crippen molar-refractivity contribution in [1.82, 2.24) is 8.87 Å². The Labute approximate surface area is 309 Å². The van der Waals surface area contributed by atoms with Crippen LogP contribution in [0.3, 0.4) is 0 Å². The number of primary amides is 2. The van der Waals surface area contributed by atoms with Crippen LogP contribution < -0.4 is 11.5 Å². The first-order chi connectivity index (χ1) is 23.6. The minimum atomic E-state index is -0.599. The number of benzene rings is 1. The number of rotatable bonds is 4. The van der Waals surface area contributed by atoms with E-state index >= 15 is 0 Å². The molecule has 6 atom stereocenters. The molecule has 1 aliphatic heterocycles. The third-order valence-electron chi connectivity index (χ3n) is 13.6. The van der Waals surface area contributed by atoms with Crippen LogP contribution in [0.4, 0.5) is 0 Å². The van der Waals surface area contributed by atoms with Gasteiger partial charge in [-0.1, -0.05) is 106 Å². The minimum absolute atomic E-state index is 0.131. The molecule has 2 aromatic rings. The Hall–Kier alpha value is -2.51. The van der Waals surface area contributed by atoms with Crippen LogP contribution in [0, 0.1) is 39.9 Å². The van der Waals surface area contributed by atoms with Gasteiger partial charge < -0.3 is 16.0 Å². The number of carbonyl (C=O) groups excluding carboxylic acids is 2. The molecule has 0 radical (unpaired) electrons. The van der Waals surface area contributed by atoms with Crippen molar-refractivity contribution in [3.63, 3.8) is 0 Å². The summed E-state index contributed by atoms with van der Waals surface area (Å²) < 4.78 is 4.00. The summed E-state index contributed by atoms with van der Waals surface area (Å²) >= 11 is 3.80. The van der Waals surface area contributed by atoms with Crippen molar-refractivity contribution in [3.8, 4) is 0 Å². The van der Waals surface area contributed by atoms with E-state index in [-0.39, 0.29) is 17.7 Å². The predicted molar refractivity (Wildman–Crippen MR) is 215 cm³/mol. The van der Waals surface area contributed by atoms with Crippen LogP contribution in [-0.4, -0.2) is 34.8 Å². The monoisotopic (exact) mass is 705 g/mol. The van der Waals surface area contributed by atoms with Gasteiger partial charge in [-0.3, -0.25) is 13.9 Å². The second-order valence-electron chi connectivity index (χ2n) is 16.7. The number of carbonyl (C=O) groups is 2. The topological polar surface area (TPSA) is 94.4 Å². The molecule has 278 valence electrons. The first kappa shape index (κ1) is 40.3. The average Bonchev–Trinajstić information content (AvgIpc) is 3.37. The molecular weight excluding hydrogens is 637 g/mol. The summed E-state index contributed by atoms with van der Waals surface area (Å²) in [5.41, 5.74) is 19.1. The maximum Gasteiger partial charge on any atom is 0.248 e. The first-order valence-electron chi connectivity index (χ1n) is 19.6. The van der Waals surface area contributed by atoms with Gasteiger partial charge in [-0.2, -0.15) is 0 Å². The molecule has 7 heteroatoms. The largest absolute Gasteiger partial charge is 0.369 e. The van der Waals surface area contributed by atoms with E-state index in [0.29, 0.717) is 28.9 Å². The predicted octanol–water partition coefficient (Wildman–Crippen LogP) is 10.2. The fourth-order valence-corrected chi connectivity index (χ4v) is 10.8. The molecule has 1 aromatic heterocycles. The Morgan fingerprint density at radius 1 is 1.04 bits per heavy atom. The number of aromatic nitrogens is 1. The highest BCUT2D eigenvalue weighted by Gasteiger charge is 2.69. The number of allylic oxidation sites excluding steroid dienone is 4. The zero-order valence-corrected chi connectivity index (χ0v) is 34.1. The number of fused-ring (bicyclic) bond motifs is 6. The van der Waals surface area contributed by atoms with Gasteiger partial charge in [-0.15, -0.1) is 0 Å². The lowest BCUT2D eigenvalue weighted by Gasteiger charge is -2.34. The fraction of sp³-hybridized carbons (Fsp3) is 0.674. The van der Waals surface area contributed by atoms with Crippen LogP contribution in [0.25, 0.3) is 16.5 Å². The fourth-order valence-electron chi connectivity index (χ4n) is 10.8. The summed E-state index contributed by atoms with van der Waals surface area (Å²) in [6, 6.07) is 5.85. The Balaban J connectivity index is 0.000000272. The van der Waals surface area contributed by atoms with Crippen LogP contribution in [0.5, 0.6) is 0 Å². The molecule has 4 N–H and O–H groups in total. The standard InChI is InChI=1S/C28H35N3O2.C11H20.C2H7NS.C2H6/c1-4-9-20-19(5-2)24-16(3)28(24,27(30)33)15-31-22-14-18(26(29)32)12-13-21(22)23(25(20)31)17-10-7-6-8-11-17;1-8-7-11(4)6-5-9(8)10(11,2)3;1-3(2)4;1-2/h5,9,12-14,16-17,24H,4,6-8,10-11,15H2,1-3H3,(H2,29,32)(H2,30,33);8-9H,5-7H2,1-4H3;4H,1-2H3;1-2H3/b19-5+,20-9+;;;/t16-,24?,28?;8-,9?,11?;;/m00../s1. The molecule has 2 bridgehead atoms. The lowest BCUT2D eigenvalue weighted by molar-refractivity contribution is -0.124. The van der Waals surface area contributed by atoms with Gasteiger partial charge >= 0.3 is 0 Å². The second-order valence-corrected chi connectivity index (χ2v) is 17.5. The summed E-state index contributed by atoms with van der Waals surface area (Å²) in [7, 11) is 3.73. The van der Waals surface area contributed by atoms with Crippen molar-refractivity contribution in [3.05, 3.63) is 52.7 Å². The molecule has 7 rings (SSSR count). The number of nitrogens with two attached hydrogens (primary N) is 2. The van der Waals surface area contributed by atoms with E-state index < -0.39 is 11.3 Å². The van der Waals surface area contributed by atoms with Gasteiger partial charge in [-0.05, 0) is 123 Å². The van der Waals surface area contributed by atoms with Gasteiger partial charge in [0.25, 0.3) is 0 Å². The quantitative estimate of drug-likeness (QED) is 0.277. The minimum Gasteiger partial charge on any atom is -0.369 e. The van der Waals surface area contributed by atoms with Crippen molar-refractivity contribution in [2.45, 2.75) is 133 Å². The van der Waals surface area contributed by atoms with E-state index in [0.717, 1.165) is 23.8 Å². The Morgan fingerprint density at radius 2 is 1.66 bits per heavy atom. The van der Waals surface area contributed by atoms with Crippen molar-refractivity contribution in [2.75, 3.05) is 14.1 Å². The van der Waals surface area contributed by atoms with Gasteiger partial charge in [0.1, 0.15) is 0 Å². The number of hydrogen-bond acceptors (Lipinski definition) is 4. The van der Waals surface area contributed by atoms with E-state index in [1.54, 1.807) is 4.31 Å². The van der Waals surface area contributed by atoms with E-state index in [4.69, 9.17) is 11.5 Å². The van der Waals surface area contributed by atoms with Crippen LogP contribution in [0.1, 0.15) is 148 Å². The number of thiol groups is 1. The molecule has 4 fully saturated rings. The molecule has 6 nitrogen and oxygen atoms in total. The summed E-state index contributed by atoms with van der Waals surface area (Å²) in [5, 5.41) is 1.19. The van der Waals surface area contributed by atoms with Crippen LogP contribution >= 0.6 is 12.8 Å². The summed E-state index contributed by atoms with van der Waals surface area (Å²) in [5.74, 6) is 2.15.